The highest BCUT2D eigenvalue weighted by Gasteiger charge is 2.34. The normalized spacial score (nSPS) is 14.2. The van der Waals surface area contributed by atoms with Crippen molar-refractivity contribution in [3.05, 3.63) is 110 Å². The number of halogens is 3. The van der Waals surface area contributed by atoms with E-state index in [2.05, 4.69) is 26.9 Å². The van der Waals surface area contributed by atoms with Crippen LogP contribution in [0.15, 0.2) is 76.8 Å². The van der Waals surface area contributed by atoms with Gasteiger partial charge in [0.25, 0.3) is 0 Å². The summed E-state index contributed by atoms with van der Waals surface area (Å²) in [6.07, 6.45) is 0. The Morgan fingerprint density at radius 1 is 1.12 bits per heavy atom. The molecule has 3 aromatic rings. The van der Waals surface area contributed by atoms with Crippen LogP contribution in [0.3, 0.4) is 0 Å². The van der Waals surface area contributed by atoms with Crippen molar-refractivity contribution in [2.45, 2.75) is 6.04 Å². The van der Waals surface area contributed by atoms with E-state index in [-0.39, 0.29) is 6.04 Å². The standard InChI is InChI=1S/C26H19BrClFN2O2/c1-33-26(32)24(19-10-21(27)12-23(29)11-19)20-14-31(15-20)25(17-5-7-22(28)8-6-17)18-4-2-3-16(9-18)13-30/h2-12,25H,14-15H2,1H3. The van der Waals surface area contributed by atoms with E-state index in [1.807, 2.05) is 42.5 Å². The van der Waals surface area contributed by atoms with Gasteiger partial charge in [-0.1, -0.05) is 51.8 Å². The molecule has 0 aliphatic carbocycles. The first-order valence-electron chi connectivity index (χ1n) is 10.2. The third-order valence-corrected chi connectivity index (χ3v) is 6.27. The van der Waals surface area contributed by atoms with Crippen molar-refractivity contribution in [3.63, 3.8) is 0 Å². The lowest BCUT2D eigenvalue weighted by atomic mass is 9.89. The predicted octanol–water partition coefficient (Wildman–Crippen LogP) is 6.15. The molecule has 33 heavy (non-hydrogen) atoms. The van der Waals surface area contributed by atoms with E-state index in [4.69, 9.17) is 16.3 Å². The summed E-state index contributed by atoms with van der Waals surface area (Å²) in [4.78, 5) is 14.8. The Hall–Kier alpha value is -2.98. The zero-order valence-electron chi connectivity index (χ0n) is 17.7. The van der Waals surface area contributed by atoms with Crippen LogP contribution in [0.25, 0.3) is 5.57 Å². The van der Waals surface area contributed by atoms with Crippen LogP contribution in [0.4, 0.5) is 4.39 Å². The number of hydrogen-bond acceptors (Lipinski definition) is 4. The largest absolute Gasteiger partial charge is 0.465 e. The number of nitrogens with zero attached hydrogens (tertiary/aromatic N) is 2. The fourth-order valence-corrected chi connectivity index (χ4v) is 4.68. The summed E-state index contributed by atoms with van der Waals surface area (Å²) in [6.45, 7) is 0.977. The zero-order valence-corrected chi connectivity index (χ0v) is 20.0. The maximum atomic E-state index is 14.0. The summed E-state index contributed by atoms with van der Waals surface area (Å²) < 4.78 is 19.6. The quantitative estimate of drug-likeness (QED) is 0.296. The third kappa shape index (κ3) is 5.01. The first-order chi connectivity index (χ1) is 15.9. The van der Waals surface area contributed by atoms with Crippen LogP contribution in [0.5, 0.6) is 0 Å². The van der Waals surface area contributed by atoms with E-state index in [1.54, 1.807) is 12.1 Å². The molecule has 1 aliphatic rings. The van der Waals surface area contributed by atoms with E-state index >= 15 is 0 Å². The Balaban J connectivity index is 1.73. The van der Waals surface area contributed by atoms with Crippen LogP contribution in [0, 0.1) is 17.1 Å². The molecule has 0 amide bonds. The first-order valence-corrected chi connectivity index (χ1v) is 11.3. The van der Waals surface area contributed by atoms with E-state index < -0.39 is 11.8 Å². The van der Waals surface area contributed by atoms with Gasteiger partial charge in [0.2, 0.25) is 0 Å². The number of carbonyl (C=O) groups excluding carboxylic acids is 1. The molecule has 1 aliphatic heterocycles. The molecule has 1 fully saturated rings. The van der Waals surface area contributed by atoms with E-state index in [1.165, 1.54) is 19.2 Å². The maximum absolute atomic E-state index is 14.0. The second-order valence-electron chi connectivity index (χ2n) is 7.72. The van der Waals surface area contributed by atoms with Crippen LogP contribution in [0.2, 0.25) is 5.02 Å². The number of rotatable bonds is 5. The van der Waals surface area contributed by atoms with Gasteiger partial charge >= 0.3 is 5.97 Å². The molecular weight excluding hydrogens is 507 g/mol. The average Bonchev–Trinajstić information content (AvgIpc) is 2.77. The lowest BCUT2D eigenvalue weighted by Gasteiger charge is -2.42. The predicted molar refractivity (Wildman–Crippen MR) is 129 cm³/mol. The minimum absolute atomic E-state index is 0.141. The average molecular weight is 526 g/mol. The van der Waals surface area contributed by atoms with Crippen molar-refractivity contribution >= 4 is 39.1 Å². The summed E-state index contributed by atoms with van der Waals surface area (Å²) in [6, 6.07) is 21.5. The summed E-state index contributed by atoms with van der Waals surface area (Å²) in [5, 5.41) is 10.00. The maximum Gasteiger partial charge on any atom is 0.338 e. The number of methoxy groups -OCH3 is 1. The highest BCUT2D eigenvalue weighted by molar-refractivity contribution is 9.10. The molecule has 0 aromatic heterocycles. The van der Waals surface area contributed by atoms with Gasteiger partial charge in [-0.2, -0.15) is 5.26 Å². The van der Waals surface area contributed by atoms with Gasteiger partial charge in [0.05, 0.1) is 30.4 Å². The number of benzene rings is 3. The molecule has 0 bridgehead atoms. The number of carbonyl (C=O) groups is 1. The molecule has 0 N–H and O–H groups in total. The minimum atomic E-state index is -0.503. The number of likely N-dealkylation sites (tertiary alicyclic amines) is 1. The van der Waals surface area contributed by atoms with Gasteiger partial charge < -0.3 is 4.74 Å². The summed E-state index contributed by atoms with van der Waals surface area (Å²) >= 11 is 9.39. The number of nitriles is 1. The zero-order chi connectivity index (χ0) is 23.5. The van der Waals surface area contributed by atoms with E-state index in [0.29, 0.717) is 39.3 Å². The Bertz CT molecular complexity index is 1260. The van der Waals surface area contributed by atoms with Gasteiger partial charge in [0, 0.05) is 22.6 Å². The second-order valence-corrected chi connectivity index (χ2v) is 9.08. The molecule has 166 valence electrons. The highest BCUT2D eigenvalue weighted by atomic mass is 79.9. The molecular formula is C26H19BrClFN2O2. The summed E-state index contributed by atoms with van der Waals surface area (Å²) in [5.74, 6) is -0.943. The monoisotopic (exact) mass is 524 g/mol. The number of esters is 1. The Morgan fingerprint density at radius 3 is 2.48 bits per heavy atom. The molecule has 3 aromatic carbocycles. The molecule has 1 unspecified atom stereocenters. The SMILES string of the molecule is COC(=O)C(=C1CN(C(c2ccc(Cl)cc2)c2cccc(C#N)c2)C1)c1cc(F)cc(Br)c1. The Morgan fingerprint density at radius 2 is 1.85 bits per heavy atom. The van der Waals surface area contributed by atoms with Gasteiger partial charge in [0.15, 0.2) is 0 Å². The second kappa shape index (κ2) is 9.88. The number of hydrogen-bond donors (Lipinski definition) is 0. The molecule has 1 saturated heterocycles. The van der Waals surface area contributed by atoms with E-state index in [0.717, 1.165) is 16.7 Å². The van der Waals surface area contributed by atoms with Gasteiger partial charge in [-0.05, 0) is 64.7 Å². The molecule has 1 heterocycles. The molecule has 4 nitrogen and oxygen atoms in total. The van der Waals surface area contributed by atoms with Crippen molar-refractivity contribution < 1.29 is 13.9 Å². The lowest BCUT2D eigenvalue weighted by Crippen LogP contribution is -2.44. The van der Waals surface area contributed by atoms with Crippen molar-refractivity contribution in [2.75, 3.05) is 20.2 Å². The van der Waals surface area contributed by atoms with Crippen molar-refractivity contribution in [1.29, 1.82) is 5.26 Å². The molecule has 1 atom stereocenters. The molecule has 0 saturated carbocycles. The van der Waals surface area contributed by atoms with Gasteiger partial charge in [0.1, 0.15) is 5.82 Å². The van der Waals surface area contributed by atoms with Crippen LogP contribution >= 0.6 is 27.5 Å². The fraction of sp³-hybridized carbons (Fsp3) is 0.154. The molecule has 4 rings (SSSR count). The van der Waals surface area contributed by atoms with Crippen LogP contribution in [0.1, 0.15) is 28.3 Å². The minimum Gasteiger partial charge on any atom is -0.465 e. The van der Waals surface area contributed by atoms with Crippen molar-refractivity contribution in [1.82, 2.24) is 4.90 Å². The van der Waals surface area contributed by atoms with Gasteiger partial charge in [-0.15, -0.1) is 0 Å². The molecule has 7 heteroatoms. The van der Waals surface area contributed by atoms with E-state index in [9.17, 15) is 14.4 Å². The highest BCUT2D eigenvalue weighted by Crippen LogP contribution is 2.38. The molecule has 0 spiro atoms. The van der Waals surface area contributed by atoms with Crippen LogP contribution in [-0.4, -0.2) is 31.1 Å². The number of ether oxygens (including phenoxy) is 1. The smallest absolute Gasteiger partial charge is 0.338 e. The van der Waals surface area contributed by atoms with Gasteiger partial charge in [-0.25, -0.2) is 9.18 Å². The van der Waals surface area contributed by atoms with Crippen LogP contribution < -0.4 is 0 Å². The fourth-order valence-electron chi connectivity index (χ4n) is 4.09. The van der Waals surface area contributed by atoms with Crippen molar-refractivity contribution in [2.24, 2.45) is 0 Å². The summed E-state index contributed by atoms with van der Waals surface area (Å²) in [7, 11) is 1.32. The van der Waals surface area contributed by atoms with Gasteiger partial charge in [-0.3, -0.25) is 4.90 Å². The summed E-state index contributed by atoms with van der Waals surface area (Å²) in [5.41, 5.74) is 4.25. The topological polar surface area (TPSA) is 53.3 Å². The first kappa shape index (κ1) is 23.2. The lowest BCUT2D eigenvalue weighted by molar-refractivity contribution is -0.133. The third-order valence-electron chi connectivity index (χ3n) is 5.56. The molecule has 0 radical (unpaired) electrons. The van der Waals surface area contributed by atoms with Crippen molar-refractivity contribution in [3.8, 4) is 6.07 Å². The Kier molecular flexibility index (Phi) is 6.94. The van der Waals surface area contributed by atoms with Crippen LogP contribution in [-0.2, 0) is 9.53 Å². The Labute approximate surface area is 205 Å².